The van der Waals surface area contributed by atoms with Gasteiger partial charge in [-0.25, -0.2) is 0 Å². The summed E-state index contributed by atoms with van der Waals surface area (Å²) in [6.07, 6.45) is -2.52. The van der Waals surface area contributed by atoms with Crippen molar-refractivity contribution < 1.29 is 13.2 Å². The number of rotatable bonds is 5. The van der Waals surface area contributed by atoms with Gasteiger partial charge in [-0.3, -0.25) is 9.89 Å². The minimum Gasteiger partial charge on any atom is -0.357 e. The van der Waals surface area contributed by atoms with Crippen LogP contribution in [0.2, 0.25) is 0 Å². The van der Waals surface area contributed by atoms with Crippen LogP contribution in [0.3, 0.4) is 0 Å². The molecule has 0 radical (unpaired) electrons. The summed E-state index contributed by atoms with van der Waals surface area (Å²) in [5.41, 5.74) is 0. The molecule has 0 amide bonds. The van der Waals surface area contributed by atoms with Crippen LogP contribution in [0.25, 0.3) is 0 Å². The van der Waals surface area contributed by atoms with Crippen molar-refractivity contribution >= 4 is 29.9 Å². The highest BCUT2D eigenvalue weighted by atomic mass is 127. The van der Waals surface area contributed by atoms with Crippen molar-refractivity contribution in [3.63, 3.8) is 0 Å². The molecule has 21 heavy (non-hydrogen) atoms. The normalized spacial score (nSPS) is 17.0. The monoisotopic (exact) mass is 422 g/mol. The van der Waals surface area contributed by atoms with Gasteiger partial charge >= 0.3 is 6.18 Å². The second kappa shape index (κ2) is 10.5. The van der Waals surface area contributed by atoms with Gasteiger partial charge in [0.15, 0.2) is 5.96 Å². The SMILES string of the molecule is CCNC(=NCC1CCN(CC(F)(F)F)CC1)NCC.I. The van der Waals surface area contributed by atoms with Crippen molar-refractivity contribution in [1.82, 2.24) is 15.5 Å². The summed E-state index contributed by atoms with van der Waals surface area (Å²) in [7, 11) is 0. The van der Waals surface area contributed by atoms with Gasteiger partial charge in [-0.15, -0.1) is 24.0 Å². The molecule has 1 heterocycles. The zero-order valence-electron chi connectivity index (χ0n) is 12.7. The van der Waals surface area contributed by atoms with Gasteiger partial charge < -0.3 is 10.6 Å². The number of likely N-dealkylation sites (tertiary alicyclic amines) is 1. The molecule has 0 aromatic rings. The first-order chi connectivity index (χ1) is 9.44. The van der Waals surface area contributed by atoms with Gasteiger partial charge in [0, 0.05) is 19.6 Å². The van der Waals surface area contributed by atoms with Crippen molar-refractivity contribution in [1.29, 1.82) is 0 Å². The van der Waals surface area contributed by atoms with Crippen LogP contribution in [-0.4, -0.2) is 56.3 Å². The maximum Gasteiger partial charge on any atom is 0.401 e. The Morgan fingerprint density at radius 3 is 2.10 bits per heavy atom. The fourth-order valence-electron chi connectivity index (χ4n) is 2.31. The lowest BCUT2D eigenvalue weighted by atomic mass is 9.97. The number of halogens is 4. The molecule has 126 valence electrons. The number of guanidine groups is 1. The molecule has 1 saturated heterocycles. The lowest BCUT2D eigenvalue weighted by Crippen LogP contribution is -2.41. The topological polar surface area (TPSA) is 39.7 Å². The van der Waals surface area contributed by atoms with E-state index in [4.69, 9.17) is 0 Å². The standard InChI is InChI=1S/C13H25F3N4.HI/c1-3-17-12(18-4-2)19-9-11-5-7-20(8-6-11)10-13(14,15)16;/h11H,3-10H2,1-2H3,(H2,17,18,19);1H. The second-order valence-electron chi connectivity index (χ2n) is 5.08. The number of hydrogen-bond acceptors (Lipinski definition) is 2. The molecule has 0 bridgehead atoms. The van der Waals surface area contributed by atoms with Crippen LogP contribution in [0.4, 0.5) is 13.2 Å². The van der Waals surface area contributed by atoms with Crippen LogP contribution in [0.5, 0.6) is 0 Å². The summed E-state index contributed by atoms with van der Waals surface area (Å²) in [6, 6.07) is 0. The number of nitrogens with one attached hydrogen (secondary N) is 2. The molecule has 0 aromatic heterocycles. The maximum absolute atomic E-state index is 12.3. The third-order valence-electron chi connectivity index (χ3n) is 3.31. The van der Waals surface area contributed by atoms with E-state index in [9.17, 15) is 13.2 Å². The molecule has 0 atom stereocenters. The maximum atomic E-state index is 12.3. The smallest absolute Gasteiger partial charge is 0.357 e. The van der Waals surface area contributed by atoms with E-state index >= 15 is 0 Å². The van der Waals surface area contributed by atoms with Crippen LogP contribution in [-0.2, 0) is 0 Å². The molecular weight excluding hydrogens is 396 g/mol. The minimum atomic E-state index is -4.09. The molecule has 0 saturated carbocycles. The fraction of sp³-hybridized carbons (Fsp3) is 0.923. The zero-order chi connectivity index (χ0) is 15.0. The largest absolute Gasteiger partial charge is 0.401 e. The van der Waals surface area contributed by atoms with E-state index in [1.807, 2.05) is 13.8 Å². The Kier molecular flexibility index (Phi) is 10.3. The molecule has 4 nitrogen and oxygen atoms in total. The average Bonchev–Trinajstić information content (AvgIpc) is 2.36. The van der Waals surface area contributed by atoms with E-state index in [1.54, 1.807) is 0 Å². The van der Waals surface area contributed by atoms with Crippen molar-refractivity contribution in [2.45, 2.75) is 32.9 Å². The molecular formula is C13H26F3IN4. The summed E-state index contributed by atoms with van der Waals surface area (Å²) in [6.45, 7) is 6.52. The van der Waals surface area contributed by atoms with E-state index in [0.29, 0.717) is 25.6 Å². The lowest BCUT2D eigenvalue weighted by molar-refractivity contribution is -0.148. The average molecular weight is 422 g/mol. The molecule has 2 N–H and O–H groups in total. The summed E-state index contributed by atoms with van der Waals surface area (Å²) in [4.78, 5) is 5.96. The van der Waals surface area contributed by atoms with Crippen LogP contribution >= 0.6 is 24.0 Å². The Morgan fingerprint density at radius 2 is 1.67 bits per heavy atom. The summed E-state index contributed by atoms with van der Waals surface area (Å²) in [5.74, 6) is 1.17. The number of piperidine rings is 1. The minimum absolute atomic E-state index is 0. The van der Waals surface area contributed by atoms with Crippen molar-refractivity contribution in [3.05, 3.63) is 0 Å². The molecule has 0 aliphatic carbocycles. The highest BCUT2D eigenvalue weighted by Crippen LogP contribution is 2.22. The van der Waals surface area contributed by atoms with Gasteiger partial charge in [0.2, 0.25) is 0 Å². The molecule has 0 unspecified atom stereocenters. The molecule has 8 heteroatoms. The first-order valence-corrected chi connectivity index (χ1v) is 7.26. The lowest BCUT2D eigenvalue weighted by Gasteiger charge is -2.31. The zero-order valence-corrected chi connectivity index (χ0v) is 15.0. The van der Waals surface area contributed by atoms with E-state index in [0.717, 1.165) is 31.9 Å². The van der Waals surface area contributed by atoms with Crippen molar-refractivity contribution in [3.8, 4) is 0 Å². The van der Waals surface area contributed by atoms with E-state index in [-0.39, 0.29) is 24.0 Å². The van der Waals surface area contributed by atoms with Crippen LogP contribution in [0, 0.1) is 5.92 Å². The van der Waals surface area contributed by atoms with Gasteiger partial charge in [0.1, 0.15) is 0 Å². The first-order valence-electron chi connectivity index (χ1n) is 7.26. The predicted molar refractivity (Wildman–Crippen MR) is 90.3 cm³/mol. The highest BCUT2D eigenvalue weighted by molar-refractivity contribution is 14.0. The Labute approximate surface area is 142 Å². The van der Waals surface area contributed by atoms with Gasteiger partial charge in [-0.05, 0) is 45.7 Å². The quantitative estimate of drug-likeness (QED) is 0.406. The van der Waals surface area contributed by atoms with Gasteiger partial charge in [-0.1, -0.05) is 0 Å². The number of aliphatic imine (C=N–C) groups is 1. The van der Waals surface area contributed by atoms with Gasteiger partial charge in [0.05, 0.1) is 6.54 Å². The number of alkyl halides is 3. The van der Waals surface area contributed by atoms with Crippen LogP contribution in [0.1, 0.15) is 26.7 Å². The second-order valence-corrected chi connectivity index (χ2v) is 5.08. The molecule has 0 spiro atoms. The van der Waals surface area contributed by atoms with Gasteiger partial charge in [-0.2, -0.15) is 13.2 Å². The predicted octanol–water partition coefficient (Wildman–Crippen LogP) is 2.45. The molecule has 0 aromatic carbocycles. The fourth-order valence-corrected chi connectivity index (χ4v) is 2.31. The molecule has 1 rings (SSSR count). The highest BCUT2D eigenvalue weighted by Gasteiger charge is 2.32. The van der Waals surface area contributed by atoms with E-state index in [2.05, 4.69) is 15.6 Å². The number of nitrogens with zero attached hydrogens (tertiary/aromatic N) is 2. The Hall–Kier alpha value is -0.250. The third-order valence-corrected chi connectivity index (χ3v) is 3.31. The molecule has 1 fully saturated rings. The van der Waals surface area contributed by atoms with E-state index in [1.165, 1.54) is 4.90 Å². The molecule has 1 aliphatic rings. The third kappa shape index (κ3) is 9.38. The van der Waals surface area contributed by atoms with Crippen molar-refractivity contribution in [2.24, 2.45) is 10.9 Å². The Balaban J connectivity index is 0.00000400. The van der Waals surface area contributed by atoms with Crippen molar-refractivity contribution in [2.75, 3.05) is 39.3 Å². The Morgan fingerprint density at radius 1 is 1.14 bits per heavy atom. The first kappa shape index (κ1) is 20.8. The van der Waals surface area contributed by atoms with Crippen LogP contribution < -0.4 is 10.6 Å². The molecule has 1 aliphatic heterocycles. The number of hydrogen-bond donors (Lipinski definition) is 2. The summed E-state index contributed by atoms with van der Waals surface area (Å²) in [5, 5.41) is 6.29. The van der Waals surface area contributed by atoms with Gasteiger partial charge in [0.25, 0.3) is 0 Å². The van der Waals surface area contributed by atoms with Crippen LogP contribution in [0.15, 0.2) is 4.99 Å². The van der Waals surface area contributed by atoms with E-state index < -0.39 is 12.7 Å². The summed E-state index contributed by atoms with van der Waals surface area (Å²) >= 11 is 0. The Bertz CT molecular complexity index is 294. The summed E-state index contributed by atoms with van der Waals surface area (Å²) < 4.78 is 36.8.